The standard InChI is InChI=1S/C17H11ClN6/c18-14-11-12(7-8-13(14)15-5-1-3-9-19-15)24-22-17(21-23-24)16-6-2-4-10-20-16/h1-11H. The predicted molar refractivity (Wildman–Crippen MR) is 90.6 cm³/mol. The van der Waals surface area contributed by atoms with Crippen molar-refractivity contribution in [2.24, 2.45) is 0 Å². The van der Waals surface area contributed by atoms with Gasteiger partial charge in [-0.2, -0.15) is 0 Å². The van der Waals surface area contributed by atoms with Crippen LogP contribution >= 0.6 is 11.6 Å². The molecule has 24 heavy (non-hydrogen) atoms. The molecule has 0 saturated heterocycles. The summed E-state index contributed by atoms with van der Waals surface area (Å²) in [6.07, 6.45) is 3.42. The van der Waals surface area contributed by atoms with E-state index in [4.69, 9.17) is 11.6 Å². The first kappa shape index (κ1) is 14.5. The number of tetrazole rings is 1. The quantitative estimate of drug-likeness (QED) is 0.574. The molecule has 4 aromatic rings. The van der Waals surface area contributed by atoms with Crippen molar-refractivity contribution in [2.45, 2.75) is 0 Å². The average Bonchev–Trinajstić information content (AvgIpc) is 3.13. The van der Waals surface area contributed by atoms with Crippen molar-refractivity contribution in [1.29, 1.82) is 0 Å². The van der Waals surface area contributed by atoms with E-state index in [0.29, 0.717) is 16.5 Å². The predicted octanol–water partition coefficient (Wildman–Crippen LogP) is 3.44. The Labute approximate surface area is 142 Å². The second-order valence-corrected chi connectivity index (χ2v) is 5.40. The SMILES string of the molecule is Clc1cc(-n2nnc(-c3ccccn3)n2)ccc1-c1ccccn1. The molecule has 0 radical (unpaired) electrons. The lowest BCUT2D eigenvalue weighted by atomic mass is 10.1. The van der Waals surface area contributed by atoms with Crippen molar-refractivity contribution >= 4 is 11.6 Å². The summed E-state index contributed by atoms with van der Waals surface area (Å²) in [5, 5.41) is 13.0. The highest BCUT2D eigenvalue weighted by Gasteiger charge is 2.11. The van der Waals surface area contributed by atoms with Crippen molar-refractivity contribution in [3.63, 3.8) is 0 Å². The van der Waals surface area contributed by atoms with Gasteiger partial charge in [-0.1, -0.05) is 23.7 Å². The van der Waals surface area contributed by atoms with E-state index in [2.05, 4.69) is 25.4 Å². The van der Waals surface area contributed by atoms with Gasteiger partial charge in [0.15, 0.2) is 0 Å². The monoisotopic (exact) mass is 334 g/mol. The number of halogens is 1. The average molecular weight is 335 g/mol. The van der Waals surface area contributed by atoms with Gasteiger partial charge in [-0.25, -0.2) is 0 Å². The molecule has 0 atom stereocenters. The molecule has 116 valence electrons. The molecule has 6 nitrogen and oxygen atoms in total. The number of aromatic nitrogens is 6. The van der Waals surface area contributed by atoms with Gasteiger partial charge < -0.3 is 0 Å². The van der Waals surface area contributed by atoms with Gasteiger partial charge in [-0.05, 0) is 47.7 Å². The van der Waals surface area contributed by atoms with Gasteiger partial charge in [-0.3, -0.25) is 9.97 Å². The summed E-state index contributed by atoms with van der Waals surface area (Å²) in [5.74, 6) is 0.459. The second-order valence-electron chi connectivity index (χ2n) is 5.00. The first-order chi connectivity index (χ1) is 11.8. The van der Waals surface area contributed by atoms with Crippen molar-refractivity contribution in [3.8, 4) is 28.5 Å². The Morgan fingerprint density at radius 2 is 1.58 bits per heavy atom. The molecule has 0 bridgehead atoms. The normalized spacial score (nSPS) is 10.7. The molecular formula is C17H11ClN6. The summed E-state index contributed by atoms with van der Waals surface area (Å²) < 4.78 is 0. The molecule has 0 fully saturated rings. The molecule has 0 N–H and O–H groups in total. The van der Waals surface area contributed by atoms with Crippen LogP contribution in [0.15, 0.2) is 67.0 Å². The maximum Gasteiger partial charge on any atom is 0.223 e. The third-order valence-electron chi connectivity index (χ3n) is 3.43. The van der Waals surface area contributed by atoms with Crippen molar-refractivity contribution in [1.82, 2.24) is 30.2 Å². The molecule has 0 aliphatic heterocycles. The number of hydrogen-bond acceptors (Lipinski definition) is 5. The zero-order chi connectivity index (χ0) is 16.4. The number of benzene rings is 1. The summed E-state index contributed by atoms with van der Waals surface area (Å²) in [7, 11) is 0. The molecule has 0 amide bonds. The summed E-state index contributed by atoms with van der Waals surface area (Å²) in [6, 6.07) is 16.8. The highest BCUT2D eigenvalue weighted by atomic mass is 35.5. The molecule has 0 spiro atoms. The van der Waals surface area contributed by atoms with E-state index in [-0.39, 0.29) is 0 Å². The van der Waals surface area contributed by atoms with Crippen LogP contribution in [0, 0.1) is 0 Å². The second kappa shape index (κ2) is 6.17. The van der Waals surface area contributed by atoms with Crippen molar-refractivity contribution < 1.29 is 0 Å². The van der Waals surface area contributed by atoms with Gasteiger partial charge in [0.05, 0.1) is 16.4 Å². The number of nitrogens with zero attached hydrogens (tertiary/aromatic N) is 6. The smallest absolute Gasteiger partial charge is 0.223 e. The van der Waals surface area contributed by atoms with E-state index in [1.807, 2.05) is 48.5 Å². The maximum absolute atomic E-state index is 6.40. The molecule has 4 rings (SSSR count). The molecule has 0 saturated carbocycles. The lowest BCUT2D eigenvalue weighted by molar-refractivity contribution is 0.720. The summed E-state index contributed by atoms with van der Waals surface area (Å²) >= 11 is 6.40. The zero-order valence-corrected chi connectivity index (χ0v) is 13.2. The third kappa shape index (κ3) is 2.75. The van der Waals surface area contributed by atoms with Crippen LogP contribution in [0.5, 0.6) is 0 Å². The molecule has 7 heteroatoms. The molecule has 3 heterocycles. The molecule has 3 aromatic heterocycles. The van der Waals surface area contributed by atoms with Crippen LogP contribution in [0.3, 0.4) is 0 Å². The molecule has 1 aromatic carbocycles. The lowest BCUT2D eigenvalue weighted by Gasteiger charge is -2.05. The number of hydrogen-bond donors (Lipinski definition) is 0. The van der Waals surface area contributed by atoms with Crippen LogP contribution in [0.2, 0.25) is 5.02 Å². The molecule has 0 unspecified atom stereocenters. The number of pyridine rings is 2. The fourth-order valence-electron chi connectivity index (χ4n) is 2.28. The summed E-state index contributed by atoms with van der Waals surface area (Å²) in [5.41, 5.74) is 3.05. The van der Waals surface area contributed by atoms with Gasteiger partial charge in [0.25, 0.3) is 0 Å². The van der Waals surface area contributed by atoms with Crippen LogP contribution in [0.1, 0.15) is 0 Å². The van der Waals surface area contributed by atoms with E-state index in [0.717, 1.165) is 16.9 Å². The third-order valence-corrected chi connectivity index (χ3v) is 3.74. The topological polar surface area (TPSA) is 69.4 Å². The van der Waals surface area contributed by atoms with Crippen LogP contribution in [0.25, 0.3) is 28.5 Å². The Morgan fingerprint density at radius 3 is 2.25 bits per heavy atom. The zero-order valence-electron chi connectivity index (χ0n) is 12.4. The minimum absolute atomic E-state index is 0.459. The van der Waals surface area contributed by atoms with Gasteiger partial charge in [0, 0.05) is 18.0 Å². The molecule has 0 aliphatic rings. The van der Waals surface area contributed by atoms with Crippen molar-refractivity contribution in [3.05, 3.63) is 72.0 Å². The summed E-state index contributed by atoms with van der Waals surface area (Å²) in [6.45, 7) is 0. The fraction of sp³-hybridized carbons (Fsp3) is 0. The Morgan fingerprint density at radius 1 is 0.833 bits per heavy atom. The first-order valence-electron chi connectivity index (χ1n) is 7.24. The van der Waals surface area contributed by atoms with Crippen LogP contribution < -0.4 is 0 Å². The van der Waals surface area contributed by atoms with E-state index in [9.17, 15) is 0 Å². The van der Waals surface area contributed by atoms with Gasteiger partial charge >= 0.3 is 0 Å². The van der Waals surface area contributed by atoms with E-state index >= 15 is 0 Å². The van der Waals surface area contributed by atoms with Crippen LogP contribution in [-0.2, 0) is 0 Å². The van der Waals surface area contributed by atoms with E-state index in [1.54, 1.807) is 18.5 Å². The Kier molecular flexibility index (Phi) is 3.72. The van der Waals surface area contributed by atoms with Gasteiger partial charge in [-0.15, -0.1) is 15.0 Å². The van der Waals surface area contributed by atoms with Crippen LogP contribution in [-0.4, -0.2) is 30.2 Å². The molecular weight excluding hydrogens is 324 g/mol. The Bertz CT molecular complexity index is 969. The van der Waals surface area contributed by atoms with Crippen LogP contribution in [0.4, 0.5) is 0 Å². The molecule has 0 aliphatic carbocycles. The van der Waals surface area contributed by atoms with Gasteiger partial charge in [0.1, 0.15) is 5.69 Å². The van der Waals surface area contributed by atoms with E-state index in [1.165, 1.54) is 4.80 Å². The maximum atomic E-state index is 6.40. The Balaban J connectivity index is 1.69. The van der Waals surface area contributed by atoms with Crippen molar-refractivity contribution in [2.75, 3.05) is 0 Å². The highest BCUT2D eigenvalue weighted by Crippen LogP contribution is 2.28. The van der Waals surface area contributed by atoms with Gasteiger partial charge in [0.2, 0.25) is 5.82 Å². The highest BCUT2D eigenvalue weighted by molar-refractivity contribution is 6.33. The first-order valence-corrected chi connectivity index (χ1v) is 7.62. The minimum Gasteiger partial charge on any atom is -0.256 e. The number of rotatable bonds is 3. The van der Waals surface area contributed by atoms with E-state index < -0.39 is 0 Å². The fourth-order valence-corrected chi connectivity index (χ4v) is 2.55. The Hall–Kier alpha value is -3.12. The summed E-state index contributed by atoms with van der Waals surface area (Å²) in [4.78, 5) is 9.96. The largest absolute Gasteiger partial charge is 0.256 e. The minimum atomic E-state index is 0.459. The lowest BCUT2D eigenvalue weighted by Crippen LogP contribution is -1.99.